The number of halogens is 3. The summed E-state index contributed by atoms with van der Waals surface area (Å²) >= 11 is 0. The van der Waals surface area contributed by atoms with Crippen LogP contribution in [-0.4, -0.2) is 30.7 Å². The van der Waals surface area contributed by atoms with Crippen LogP contribution in [0, 0.1) is 0 Å². The van der Waals surface area contributed by atoms with Crippen LogP contribution in [-0.2, 0) is 12.6 Å². The standard InChI is InChI=1S/C11H12F3N3/c12-11(13,14)8-3-7-4-9-6-15-1-2-17(9)10(7)16-5-8/h3,5,9,15H,1-2,4,6H2/t9-/m0/s1. The van der Waals surface area contributed by atoms with E-state index in [1.165, 1.54) is 6.07 Å². The van der Waals surface area contributed by atoms with Gasteiger partial charge in [0.1, 0.15) is 5.82 Å². The van der Waals surface area contributed by atoms with Crippen molar-refractivity contribution in [3.05, 3.63) is 23.4 Å². The molecule has 1 saturated heterocycles. The van der Waals surface area contributed by atoms with Gasteiger partial charge in [0, 0.05) is 31.9 Å². The highest BCUT2D eigenvalue weighted by Gasteiger charge is 2.36. The number of alkyl halides is 3. The highest BCUT2D eigenvalue weighted by Crippen LogP contribution is 2.36. The van der Waals surface area contributed by atoms with E-state index in [2.05, 4.69) is 15.2 Å². The van der Waals surface area contributed by atoms with Crippen molar-refractivity contribution in [3.63, 3.8) is 0 Å². The molecule has 0 saturated carbocycles. The van der Waals surface area contributed by atoms with Crippen LogP contribution in [0.15, 0.2) is 12.3 Å². The number of aromatic nitrogens is 1. The molecule has 3 heterocycles. The summed E-state index contributed by atoms with van der Waals surface area (Å²) in [5.41, 5.74) is 0.0672. The number of fused-ring (bicyclic) bond motifs is 3. The first-order chi connectivity index (χ1) is 8.05. The fraction of sp³-hybridized carbons (Fsp3) is 0.545. The molecule has 0 bridgehead atoms. The van der Waals surface area contributed by atoms with Crippen molar-refractivity contribution >= 4 is 5.82 Å². The van der Waals surface area contributed by atoms with Crippen molar-refractivity contribution < 1.29 is 13.2 Å². The molecule has 1 atom stereocenters. The van der Waals surface area contributed by atoms with E-state index < -0.39 is 11.7 Å². The quantitative estimate of drug-likeness (QED) is 0.747. The summed E-state index contributed by atoms with van der Waals surface area (Å²) in [6.07, 6.45) is -2.72. The summed E-state index contributed by atoms with van der Waals surface area (Å²) in [6.45, 7) is 2.49. The van der Waals surface area contributed by atoms with Crippen LogP contribution in [0.3, 0.4) is 0 Å². The summed E-state index contributed by atoms with van der Waals surface area (Å²) in [7, 11) is 0. The van der Waals surface area contributed by atoms with Gasteiger partial charge in [0.15, 0.2) is 0 Å². The van der Waals surface area contributed by atoms with Crippen LogP contribution < -0.4 is 10.2 Å². The molecule has 3 nitrogen and oxygen atoms in total. The fourth-order valence-corrected chi connectivity index (χ4v) is 2.54. The van der Waals surface area contributed by atoms with Gasteiger partial charge in [0.25, 0.3) is 0 Å². The lowest BCUT2D eigenvalue weighted by Crippen LogP contribution is -2.49. The molecule has 2 aliphatic heterocycles. The fourth-order valence-electron chi connectivity index (χ4n) is 2.54. The van der Waals surface area contributed by atoms with Gasteiger partial charge in [-0.2, -0.15) is 13.2 Å². The van der Waals surface area contributed by atoms with E-state index in [1.54, 1.807) is 0 Å². The molecule has 6 heteroatoms. The number of nitrogens with one attached hydrogen (secondary N) is 1. The Kier molecular flexibility index (Phi) is 2.29. The summed E-state index contributed by atoms with van der Waals surface area (Å²) in [5.74, 6) is 0.726. The Morgan fingerprint density at radius 3 is 3.00 bits per heavy atom. The minimum Gasteiger partial charge on any atom is -0.351 e. The van der Waals surface area contributed by atoms with Crippen LogP contribution in [0.5, 0.6) is 0 Å². The lowest BCUT2D eigenvalue weighted by Gasteiger charge is -2.31. The molecule has 17 heavy (non-hydrogen) atoms. The molecule has 0 radical (unpaired) electrons. The van der Waals surface area contributed by atoms with E-state index in [1.807, 2.05) is 0 Å². The van der Waals surface area contributed by atoms with Crippen molar-refractivity contribution in [3.8, 4) is 0 Å². The summed E-state index contributed by atoms with van der Waals surface area (Å²) in [4.78, 5) is 6.09. The number of pyridine rings is 1. The second-order valence-electron chi connectivity index (χ2n) is 4.46. The lowest BCUT2D eigenvalue weighted by atomic mass is 10.1. The zero-order valence-corrected chi connectivity index (χ0v) is 9.09. The van der Waals surface area contributed by atoms with Crippen molar-refractivity contribution in [1.29, 1.82) is 0 Å². The van der Waals surface area contributed by atoms with Crippen LogP contribution >= 0.6 is 0 Å². The van der Waals surface area contributed by atoms with E-state index in [4.69, 9.17) is 0 Å². The average molecular weight is 243 g/mol. The molecule has 1 aromatic rings. The van der Waals surface area contributed by atoms with Crippen LogP contribution in [0.4, 0.5) is 19.0 Å². The predicted molar refractivity (Wildman–Crippen MR) is 56.9 cm³/mol. The number of nitrogens with zero attached hydrogens (tertiary/aromatic N) is 2. The first kappa shape index (κ1) is 10.8. The zero-order chi connectivity index (χ0) is 12.0. The molecule has 1 fully saturated rings. The van der Waals surface area contributed by atoms with Crippen LogP contribution in [0.1, 0.15) is 11.1 Å². The SMILES string of the molecule is FC(F)(F)c1cnc2c(c1)C[C@H]1CNCCN21. The molecule has 0 aromatic carbocycles. The first-order valence-electron chi connectivity index (χ1n) is 5.59. The Morgan fingerprint density at radius 2 is 2.24 bits per heavy atom. The molecule has 3 rings (SSSR count). The van der Waals surface area contributed by atoms with Crippen LogP contribution in [0.25, 0.3) is 0 Å². The number of hydrogen-bond acceptors (Lipinski definition) is 3. The molecular weight excluding hydrogens is 231 g/mol. The number of rotatable bonds is 0. The van der Waals surface area contributed by atoms with Gasteiger partial charge in [-0.1, -0.05) is 0 Å². The van der Waals surface area contributed by atoms with Gasteiger partial charge >= 0.3 is 6.18 Å². The minimum atomic E-state index is -4.30. The van der Waals surface area contributed by atoms with E-state index >= 15 is 0 Å². The molecule has 0 aliphatic carbocycles. The molecule has 1 N–H and O–H groups in total. The molecule has 0 unspecified atom stereocenters. The van der Waals surface area contributed by atoms with Crippen molar-refractivity contribution in [2.24, 2.45) is 0 Å². The smallest absolute Gasteiger partial charge is 0.351 e. The van der Waals surface area contributed by atoms with Crippen molar-refractivity contribution in [1.82, 2.24) is 10.3 Å². The topological polar surface area (TPSA) is 28.2 Å². The number of anilines is 1. The van der Waals surface area contributed by atoms with E-state index in [0.717, 1.165) is 31.6 Å². The third kappa shape index (κ3) is 1.76. The highest BCUT2D eigenvalue weighted by atomic mass is 19.4. The largest absolute Gasteiger partial charge is 0.417 e. The van der Waals surface area contributed by atoms with Gasteiger partial charge in [-0.15, -0.1) is 0 Å². The van der Waals surface area contributed by atoms with E-state index in [-0.39, 0.29) is 6.04 Å². The Hall–Kier alpha value is -1.30. The normalized spacial score (nSPS) is 23.5. The zero-order valence-electron chi connectivity index (χ0n) is 9.09. The molecular formula is C11H12F3N3. The monoisotopic (exact) mass is 243 g/mol. The van der Waals surface area contributed by atoms with Gasteiger partial charge in [-0.25, -0.2) is 4.98 Å². The molecule has 92 valence electrons. The highest BCUT2D eigenvalue weighted by molar-refractivity contribution is 5.55. The van der Waals surface area contributed by atoms with Gasteiger partial charge < -0.3 is 10.2 Å². The van der Waals surface area contributed by atoms with Crippen molar-refractivity contribution in [2.45, 2.75) is 18.6 Å². The summed E-state index contributed by atoms with van der Waals surface area (Å²) < 4.78 is 37.7. The third-order valence-electron chi connectivity index (χ3n) is 3.35. The van der Waals surface area contributed by atoms with E-state index in [0.29, 0.717) is 12.0 Å². The van der Waals surface area contributed by atoms with Gasteiger partial charge in [0.05, 0.1) is 5.56 Å². The van der Waals surface area contributed by atoms with Crippen LogP contribution in [0.2, 0.25) is 0 Å². The second-order valence-corrected chi connectivity index (χ2v) is 4.46. The van der Waals surface area contributed by atoms with Gasteiger partial charge in [-0.3, -0.25) is 0 Å². The summed E-state index contributed by atoms with van der Waals surface area (Å²) in [6, 6.07) is 1.50. The second kappa shape index (κ2) is 3.60. The first-order valence-corrected chi connectivity index (χ1v) is 5.59. The minimum absolute atomic E-state index is 0.259. The molecule has 0 spiro atoms. The molecule has 2 aliphatic rings. The van der Waals surface area contributed by atoms with Gasteiger partial charge in [0.2, 0.25) is 0 Å². The Bertz CT molecular complexity index is 444. The van der Waals surface area contributed by atoms with Gasteiger partial charge in [-0.05, 0) is 18.1 Å². The maximum atomic E-state index is 12.6. The Morgan fingerprint density at radius 1 is 1.41 bits per heavy atom. The molecule has 1 aromatic heterocycles. The lowest BCUT2D eigenvalue weighted by molar-refractivity contribution is -0.137. The maximum Gasteiger partial charge on any atom is 0.417 e. The third-order valence-corrected chi connectivity index (χ3v) is 3.35. The Balaban J connectivity index is 1.97. The maximum absolute atomic E-state index is 12.6. The van der Waals surface area contributed by atoms with E-state index in [9.17, 15) is 13.2 Å². The number of piperazine rings is 1. The van der Waals surface area contributed by atoms with Crippen molar-refractivity contribution in [2.75, 3.05) is 24.5 Å². The predicted octanol–water partition coefficient (Wildman–Crippen LogP) is 1.43. The average Bonchev–Trinajstić information content (AvgIpc) is 2.65. The number of hydrogen-bond donors (Lipinski definition) is 1. The molecule has 0 amide bonds. The Labute approximate surface area is 96.6 Å². The summed E-state index contributed by atoms with van der Waals surface area (Å²) in [5, 5.41) is 3.24.